The van der Waals surface area contributed by atoms with Gasteiger partial charge in [-0.3, -0.25) is 0 Å². The average Bonchev–Trinajstić information content (AvgIpc) is 1.18. The summed E-state index contributed by atoms with van der Waals surface area (Å²) in [5, 5.41) is 43.7. The molecule has 0 spiro atoms. The summed E-state index contributed by atoms with van der Waals surface area (Å²) in [4.78, 5) is 0. The van der Waals surface area contributed by atoms with Gasteiger partial charge in [-0.1, -0.05) is 143 Å². The molecule has 135 heavy (non-hydrogen) atoms. The molecular weight excluding hydrogens is 1750 g/mol. The molecule has 7 aromatic rings. The van der Waals surface area contributed by atoms with E-state index in [1.807, 2.05) is 78.8 Å². The van der Waals surface area contributed by atoms with E-state index in [1.165, 1.54) is 157 Å². The van der Waals surface area contributed by atoms with Crippen molar-refractivity contribution in [3.05, 3.63) is 247 Å². The van der Waals surface area contributed by atoms with Crippen molar-refractivity contribution in [1.29, 1.82) is 0 Å². The van der Waals surface area contributed by atoms with Crippen LogP contribution in [0.15, 0.2) is 146 Å². The highest BCUT2D eigenvalue weighted by molar-refractivity contribution is 6.31. The van der Waals surface area contributed by atoms with Crippen LogP contribution in [0.25, 0.3) is 0 Å². The van der Waals surface area contributed by atoms with Crippen LogP contribution < -0.4 is 53.2 Å². The molecule has 3 aliphatic rings. The molecule has 3 aliphatic carbocycles. The van der Waals surface area contributed by atoms with Gasteiger partial charge in [0.25, 0.3) is 0 Å². The highest BCUT2D eigenvalue weighted by Crippen LogP contribution is 2.35. The van der Waals surface area contributed by atoms with Gasteiger partial charge in [0.1, 0.15) is 46.5 Å². The van der Waals surface area contributed by atoms with Crippen LogP contribution in [0.1, 0.15) is 388 Å². The van der Waals surface area contributed by atoms with Gasteiger partial charge < -0.3 is 58.3 Å². The SMILES string of the molecule is CC(C)(C)NC(CO)c1ccc(F)c(Cl)c1.CC(C)(C)NCCC1CC1.CC(C)(C)NCCC1CCCCC1.CC(C)(C)NCc1ccc(F)cc1.CC(C)(C)NCc1ccc(F)cc1F.CC(NC(C)(C)C)C1CC1.CC(NC(C)(C)C)c1ccc(F)cc1.CCC(NC(C)(C)C)c1ccc(F)c(Cl)c1.CCC(NC(C)(C)C)c1ccc(F)cc1.Cc1cc(F)ccc1CNC(C)(C)C. The molecule has 0 saturated heterocycles. The predicted octanol–water partition coefficient (Wildman–Crippen LogP) is 30.4. The lowest BCUT2D eigenvalue weighted by molar-refractivity contribution is 0.217. The molecule has 0 aliphatic heterocycles. The van der Waals surface area contributed by atoms with Crippen molar-refractivity contribution in [3.8, 4) is 0 Å². The van der Waals surface area contributed by atoms with Gasteiger partial charge in [-0.2, -0.15) is 0 Å². The van der Waals surface area contributed by atoms with Crippen molar-refractivity contribution in [2.24, 2.45) is 17.8 Å². The maximum Gasteiger partial charge on any atom is 0.141 e. The summed E-state index contributed by atoms with van der Waals surface area (Å²) in [5.74, 6) is 0.498. The Balaban J connectivity index is 0.000000752. The number of benzene rings is 7. The molecule has 0 aromatic heterocycles. The fraction of sp³-hybridized carbons (Fsp3) is 0.632. The van der Waals surface area contributed by atoms with Crippen LogP contribution >= 0.6 is 23.2 Å². The van der Waals surface area contributed by atoms with Gasteiger partial charge >= 0.3 is 0 Å². The summed E-state index contributed by atoms with van der Waals surface area (Å²) >= 11 is 11.5. The van der Waals surface area contributed by atoms with E-state index in [9.17, 15) is 40.2 Å². The summed E-state index contributed by atoms with van der Waals surface area (Å²) in [6.45, 7) is 78.7. The Morgan fingerprint density at radius 3 is 0.993 bits per heavy atom. The molecule has 7 aromatic carbocycles. The quantitative estimate of drug-likeness (QED) is 0.0249. The third kappa shape index (κ3) is 68.0. The van der Waals surface area contributed by atoms with Gasteiger partial charge in [0.2, 0.25) is 0 Å². The number of hydrogen-bond donors (Lipinski definition) is 11. The van der Waals surface area contributed by atoms with Crippen molar-refractivity contribution >= 4 is 23.2 Å². The molecule has 0 bridgehead atoms. The van der Waals surface area contributed by atoms with E-state index in [1.54, 1.807) is 36.4 Å². The number of aryl methyl sites for hydroxylation is 1. The molecule has 0 amide bonds. The van der Waals surface area contributed by atoms with Gasteiger partial charge in [0.15, 0.2) is 0 Å². The summed E-state index contributed by atoms with van der Waals surface area (Å²) < 4.78 is 103. The van der Waals surface area contributed by atoms with Gasteiger partial charge in [0, 0.05) is 111 Å². The molecule has 5 unspecified atom stereocenters. The van der Waals surface area contributed by atoms with Crippen LogP contribution in [-0.2, 0) is 19.6 Å². The number of rotatable bonds is 25. The van der Waals surface area contributed by atoms with E-state index >= 15 is 0 Å². The third-order valence-corrected chi connectivity index (χ3v) is 21.9. The lowest BCUT2D eigenvalue weighted by Crippen LogP contribution is -2.43. The zero-order valence-electron chi connectivity index (χ0n) is 90.1. The minimum Gasteiger partial charge on any atom is -0.394 e. The zero-order valence-corrected chi connectivity index (χ0v) is 91.6. The lowest BCUT2D eigenvalue weighted by atomic mass is 9.87. The highest BCUT2D eigenvalue weighted by atomic mass is 35.5. The summed E-state index contributed by atoms with van der Waals surface area (Å²) in [6, 6.07) is 39.1. The number of aliphatic hydroxyl groups excluding tert-OH is 1. The molecule has 5 atom stereocenters. The second-order valence-electron chi connectivity index (χ2n) is 47.0. The average molecular weight is 1940 g/mol. The Kier molecular flexibility index (Phi) is 56.9. The number of halogens is 10. The van der Waals surface area contributed by atoms with Crippen molar-refractivity contribution < 1.29 is 40.2 Å². The Labute approximate surface area is 826 Å². The first-order valence-electron chi connectivity index (χ1n) is 49.4. The maximum absolute atomic E-state index is 13.1. The van der Waals surface area contributed by atoms with Crippen LogP contribution in [0.2, 0.25) is 10.0 Å². The molecule has 0 radical (unpaired) electrons. The van der Waals surface area contributed by atoms with Gasteiger partial charge in [0.05, 0.1) is 22.7 Å². The molecule has 3 saturated carbocycles. The molecule has 10 rings (SSSR count). The van der Waals surface area contributed by atoms with Crippen LogP contribution in [0, 0.1) is 71.2 Å². The van der Waals surface area contributed by atoms with Crippen molar-refractivity contribution in [2.75, 3.05) is 19.7 Å². The van der Waals surface area contributed by atoms with Crippen molar-refractivity contribution in [2.45, 2.75) is 431 Å². The van der Waals surface area contributed by atoms with Crippen molar-refractivity contribution in [1.82, 2.24) is 53.2 Å². The molecule has 11 nitrogen and oxygen atoms in total. The molecule has 768 valence electrons. The normalized spacial score (nSPS) is 15.0. The second-order valence-corrected chi connectivity index (χ2v) is 47.9. The molecular formula is C114H186Cl2F8N10O. The van der Waals surface area contributed by atoms with Crippen LogP contribution in [0.4, 0.5) is 35.1 Å². The molecule has 11 N–H and O–H groups in total. The molecule has 0 heterocycles. The van der Waals surface area contributed by atoms with Crippen LogP contribution in [0.3, 0.4) is 0 Å². The van der Waals surface area contributed by atoms with E-state index in [2.05, 4.69) is 247 Å². The van der Waals surface area contributed by atoms with E-state index in [-0.39, 0.29) is 103 Å². The standard InChI is InChI=1S/C13H19ClFN.C13H20FN.C12H17ClFNO.2C12H18FN.C12H25N.C11H15F2N.C11H16FN.2C9H19N/c1-5-12(16-13(2,3)4)9-6-7-11(15)10(14)8-9;1-5-12(15-13(2,3)4)10-6-8-11(14)9-7-10;1-12(2,3)15-11(7-16)8-4-5-10(14)9(13)6-8;1-9(14-12(2,3)4)10-5-7-11(13)8-6-10;1-9-7-11(13)6-5-10(9)8-14-12(2,3)4;1-12(2,3)13-10-9-11-7-5-4-6-8-11;1-11(2,3)14-7-8-4-5-9(12)6-10(8)13;1-11(2,3)13-8-9-4-6-10(12)7-5-9;1-7(8-5-6-8)10-9(2,3)4;1-9(2,3)10-7-6-8-4-5-8/h6-8,12,16H,5H2,1-4H3;6-9,12,15H,5H2,1-4H3;4-6,11,15-16H,7H2,1-3H3;5-9,14H,1-4H3;5-7,14H,8H2,1-4H3;11,13H,4-10H2,1-3H3;4-6,14H,7H2,1-3H3;4-7,13H,8H2,1-3H3;7-8,10H,5-6H2,1-4H3;8,10H,4-7H2,1-3H3. The Morgan fingerprint density at radius 1 is 0.319 bits per heavy atom. The van der Waals surface area contributed by atoms with Gasteiger partial charge in [-0.05, 0) is 416 Å². The largest absolute Gasteiger partial charge is 0.394 e. The van der Waals surface area contributed by atoms with E-state index in [4.69, 9.17) is 23.2 Å². The van der Waals surface area contributed by atoms with Gasteiger partial charge in [-0.25, -0.2) is 35.1 Å². The summed E-state index contributed by atoms with van der Waals surface area (Å²) in [6.07, 6.45) is 17.9. The van der Waals surface area contributed by atoms with E-state index in [0.29, 0.717) is 34.8 Å². The smallest absolute Gasteiger partial charge is 0.141 e. The van der Waals surface area contributed by atoms with Crippen LogP contribution in [0.5, 0.6) is 0 Å². The summed E-state index contributed by atoms with van der Waals surface area (Å²) in [7, 11) is 0. The second kappa shape index (κ2) is 60.4. The number of hydrogen-bond acceptors (Lipinski definition) is 11. The minimum atomic E-state index is -0.540. The zero-order chi connectivity index (χ0) is 103. The summed E-state index contributed by atoms with van der Waals surface area (Å²) in [5.41, 5.74) is 8.92. The first kappa shape index (κ1) is 127. The molecule has 3 fully saturated rings. The number of nitrogens with one attached hydrogen (secondary N) is 10. The fourth-order valence-electron chi connectivity index (χ4n) is 14.1. The Bertz CT molecular complexity index is 4200. The minimum absolute atomic E-state index is 0.0293. The van der Waals surface area contributed by atoms with Gasteiger partial charge in [-0.15, -0.1) is 0 Å². The fourth-order valence-corrected chi connectivity index (χ4v) is 14.5. The first-order valence-corrected chi connectivity index (χ1v) is 50.2. The maximum atomic E-state index is 13.1. The first-order chi connectivity index (χ1) is 61.9. The third-order valence-electron chi connectivity index (χ3n) is 21.3. The Hall–Kier alpha value is -5.88. The highest BCUT2D eigenvalue weighted by Gasteiger charge is 2.31. The predicted molar refractivity (Wildman–Crippen MR) is 564 cm³/mol. The van der Waals surface area contributed by atoms with Crippen LogP contribution in [-0.4, -0.2) is 86.2 Å². The monoisotopic (exact) mass is 1930 g/mol. The topological polar surface area (TPSA) is 141 Å². The molecule has 21 heteroatoms. The lowest BCUT2D eigenvalue weighted by Gasteiger charge is -2.28. The number of aliphatic hydroxyl groups is 1. The van der Waals surface area contributed by atoms with Crippen molar-refractivity contribution in [3.63, 3.8) is 0 Å². The van der Waals surface area contributed by atoms with E-state index in [0.717, 1.165) is 94.7 Å². The van der Waals surface area contributed by atoms with E-state index < -0.39 is 17.5 Å². The Morgan fingerprint density at radius 2 is 0.644 bits per heavy atom.